The van der Waals surface area contributed by atoms with E-state index in [1.807, 2.05) is 0 Å². The van der Waals surface area contributed by atoms with Gasteiger partial charge in [0.2, 0.25) is 10.0 Å². The summed E-state index contributed by atoms with van der Waals surface area (Å²) in [4.78, 5) is 9.97. The van der Waals surface area contributed by atoms with Gasteiger partial charge < -0.3 is 9.84 Å². The molecule has 0 bridgehead atoms. The summed E-state index contributed by atoms with van der Waals surface area (Å²) in [6.45, 7) is 0.776. The first-order chi connectivity index (χ1) is 9.61. The molecule has 1 rings (SSSR count). The molecular weight excluding hydrogens is 315 g/mol. The van der Waals surface area contributed by atoms with Crippen LogP contribution in [-0.4, -0.2) is 39.3 Å². The third-order valence-corrected chi connectivity index (χ3v) is 3.80. The molecule has 0 aliphatic heterocycles. The van der Waals surface area contributed by atoms with Gasteiger partial charge in [0.05, 0.1) is 18.8 Å². The lowest BCUT2D eigenvalue weighted by atomic mass is 10.2. The molecule has 118 valence electrons. The Morgan fingerprint density at radius 2 is 1.90 bits per heavy atom. The van der Waals surface area contributed by atoms with Crippen molar-refractivity contribution in [2.45, 2.75) is 17.9 Å². The minimum Gasteiger partial charge on any atom is -0.465 e. The van der Waals surface area contributed by atoms with Crippen molar-refractivity contribution in [2.24, 2.45) is 0 Å². The predicted molar refractivity (Wildman–Crippen MR) is 64.5 cm³/mol. The first-order valence-electron chi connectivity index (χ1n) is 5.55. The quantitative estimate of drug-likeness (QED) is 0.609. The first kappa shape index (κ1) is 17.4. The predicted octanol–water partition coefficient (Wildman–Crippen LogP) is 0.550. The van der Waals surface area contributed by atoms with Crippen LogP contribution in [-0.2, 0) is 14.8 Å². The molecule has 0 saturated heterocycles. The van der Waals surface area contributed by atoms with Crippen LogP contribution in [0.2, 0.25) is 0 Å². The van der Waals surface area contributed by atoms with Gasteiger partial charge in [-0.3, -0.25) is 0 Å². The zero-order valence-corrected chi connectivity index (χ0v) is 11.8. The molecule has 1 atom stereocenters. The van der Waals surface area contributed by atoms with Gasteiger partial charge in [-0.05, 0) is 13.0 Å². The molecule has 0 aliphatic rings. The number of benzene rings is 1. The molecule has 0 unspecified atom stereocenters. The van der Waals surface area contributed by atoms with E-state index >= 15 is 0 Å². The molecule has 21 heavy (non-hydrogen) atoms. The van der Waals surface area contributed by atoms with Crippen molar-refractivity contribution in [3.05, 3.63) is 29.1 Å². The van der Waals surface area contributed by atoms with E-state index in [1.54, 1.807) is 4.72 Å². The number of methoxy groups -OCH3 is 1. The summed E-state index contributed by atoms with van der Waals surface area (Å²) in [6.07, 6.45) is -1.09. The van der Waals surface area contributed by atoms with Crippen molar-refractivity contribution in [1.29, 1.82) is 0 Å². The minimum absolute atomic E-state index is 0.323. The van der Waals surface area contributed by atoms with Gasteiger partial charge in [-0.1, -0.05) is 0 Å². The number of aliphatic hydroxyl groups excluding tert-OH is 1. The highest BCUT2D eigenvalue weighted by Crippen LogP contribution is 2.23. The smallest absolute Gasteiger partial charge is 0.341 e. The molecule has 0 aromatic heterocycles. The van der Waals surface area contributed by atoms with E-state index in [-0.39, 0.29) is 0 Å². The summed E-state index contributed by atoms with van der Waals surface area (Å²) in [5.41, 5.74) is -1.06. The maximum atomic E-state index is 13.6. The third-order valence-electron chi connectivity index (χ3n) is 2.38. The molecule has 2 N–H and O–H groups in total. The average Bonchev–Trinajstić information content (AvgIpc) is 2.42. The number of halogens is 3. The molecule has 6 nitrogen and oxygen atoms in total. The molecule has 0 fully saturated rings. The molecule has 0 saturated carbocycles. The zero-order valence-electron chi connectivity index (χ0n) is 11.0. The first-order valence-corrected chi connectivity index (χ1v) is 7.03. The van der Waals surface area contributed by atoms with Gasteiger partial charge in [-0.25, -0.2) is 31.1 Å². The van der Waals surface area contributed by atoms with Gasteiger partial charge in [-0.2, -0.15) is 0 Å². The Bertz CT molecular complexity index is 660. The number of rotatable bonds is 5. The van der Waals surface area contributed by atoms with E-state index in [4.69, 9.17) is 5.11 Å². The van der Waals surface area contributed by atoms with Crippen molar-refractivity contribution in [2.75, 3.05) is 13.7 Å². The van der Waals surface area contributed by atoms with Crippen LogP contribution < -0.4 is 4.72 Å². The maximum absolute atomic E-state index is 13.6. The van der Waals surface area contributed by atoms with Gasteiger partial charge >= 0.3 is 5.97 Å². The summed E-state index contributed by atoms with van der Waals surface area (Å²) < 4.78 is 69.9. The lowest BCUT2D eigenvalue weighted by Crippen LogP contribution is -2.31. The van der Waals surface area contributed by atoms with Crippen LogP contribution in [0.4, 0.5) is 13.2 Å². The van der Waals surface area contributed by atoms with E-state index in [0.29, 0.717) is 6.07 Å². The van der Waals surface area contributed by atoms with Gasteiger partial charge in [-0.15, -0.1) is 0 Å². The van der Waals surface area contributed by atoms with Crippen molar-refractivity contribution >= 4 is 16.0 Å². The number of esters is 1. The Morgan fingerprint density at radius 3 is 2.38 bits per heavy atom. The zero-order chi connectivity index (χ0) is 16.4. The lowest BCUT2D eigenvalue weighted by molar-refractivity contribution is 0.0593. The average molecular weight is 327 g/mol. The Kier molecular flexibility index (Phi) is 5.31. The Balaban J connectivity index is 3.43. The van der Waals surface area contributed by atoms with Crippen molar-refractivity contribution < 1.29 is 36.2 Å². The number of aliphatic hydroxyl groups is 1. The summed E-state index contributed by atoms with van der Waals surface area (Å²) >= 11 is 0. The van der Waals surface area contributed by atoms with Crippen molar-refractivity contribution in [1.82, 2.24) is 4.72 Å². The SMILES string of the molecule is COC(=O)c1cc(S(=O)(=O)NC[C@H](C)O)c(F)c(F)c1F. The van der Waals surface area contributed by atoms with Crippen LogP contribution in [0.5, 0.6) is 0 Å². The van der Waals surface area contributed by atoms with Crippen LogP contribution in [0.1, 0.15) is 17.3 Å². The molecular formula is C11H12F3NO5S. The van der Waals surface area contributed by atoms with Gasteiger partial charge in [0.15, 0.2) is 17.5 Å². The molecule has 10 heteroatoms. The Morgan fingerprint density at radius 1 is 1.33 bits per heavy atom. The normalized spacial score (nSPS) is 13.0. The fourth-order valence-corrected chi connectivity index (χ4v) is 2.56. The number of carbonyl (C=O) groups is 1. The molecule has 0 aliphatic carbocycles. The van der Waals surface area contributed by atoms with Crippen molar-refractivity contribution in [3.63, 3.8) is 0 Å². The number of ether oxygens (including phenoxy) is 1. The minimum atomic E-state index is -4.59. The van der Waals surface area contributed by atoms with Crippen LogP contribution in [0.25, 0.3) is 0 Å². The second-order valence-electron chi connectivity index (χ2n) is 4.06. The van der Waals surface area contributed by atoms with Crippen LogP contribution in [0, 0.1) is 17.5 Å². The largest absolute Gasteiger partial charge is 0.465 e. The summed E-state index contributed by atoms with van der Waals surface area (Å²) in [7, 11) is -3.72. The van der Waals surface area contributed by atoms with Crippen LogP contribution in [0.3, 0.4) is 0 Å². The van der Waals surface area contributed by atoms with E-state index in [2.05, 4.69) is 4.74 Å². The van der Waals surface area contributed by atoms with E-state index in [1.165, 1.54) is 6.92 Å². The van der Waals surface area contributed by atoms with Gasteiger partial charge in [0.1, 0.15) is 4.90 Å². The second kappa shape index (κ2) is 6.41. The molecule has 0 amide bonds. The molecule has 0 spiro atoms. The number of hydrogen-bond donors (Lipinski definition) is 2. The topological polar surface area (TPSA) is 92.7 Å². The van der Waals surface area contributed by atoms with Gasteiger partial charge in [0.25, 0.3) is 0 Å². The summed E-state index contributed by atoms with van der Waals surface area (Å²) in [6, 6.07) is 0.323. The Labute approximate surface area is 118 Å². The monoisotopic (exact) mass is 327 g/mol. The molecule has 0 radical (unpaired) electrons. The fourth-order valence-electron chi connectivity index (χ4n) is 1.34. The number of carbonyl (C=O) groups excluding carboxylic acids is 1. The fraction of sp³-hybridized carbons (Fsp3) is 0.364. The molecule has 1 aromatic rings. The van der Waals surface area contributed by atoms with E-state index < -0.39 is 56.6 Å². The number of sulfonamides is 1. The summed E-state index contributed by atoms with van der Waals surface area (Å²) in [5.74, 6) is -7.30. The molecule has 1 aromatic carbocycles. The summed E-state index contributed by atoms with van der Waals surface area (Å²) in [5, 5.41) is 8.98. The van der Waals surface area contributed by atoms with Crippen LogP contribution >= 0.6 is 0 Å². The van der Waals surface area contributed by atoms with E-state index in [9.17, 15) is 26.4 Å². The maximum Gasteiger partial charge on any atom is 0.341 e. The highest BCUT2D eigenvalue weighted by atomic mass is 32.2. The molecule has 0 heterocycles. The Hall–Kier alpha value is -1.65. The number of hydrogen-bond acceptors (Lipinski definition) is 5. The number of nitrogens with one attached hydrogen (secondary N) is 1. The standard InChI is InChI=1S/C11H12F3NO5S/c1-5(16)4-15-21(18,19)7-3-6(11(17)20-2)8(12)10(14)9(7)13/h3,5,15-16H,4H2,1-2H3/t5-/m0/s1. The van der Waals surface area contributed by atoms with Crippen LogP contribution in [0.15, 0.2) is 11.0 Å². The van der Waals surface area contributed by atoms with E-state index in [0.717, 1.165) is 7.11 Å². The van der Waals surface area contributed by atoms with Crippen molar-refractivity contribution in [3.8, 4) is 0 Å². The third kappa shape index (κ3) is 3.71. The highest BCUT2D eigenvalue weighted by Gasteiger charge is 2.29. The second-order valence-corrected chi connectivity index (χ2v) is 5.79. The lowest BCUT2D eigenvalue weighted by Gasteiger charge is -2.11. The van der Waals surface area contributed by atoms with Gasteiger partial charge in [0, 0.05) is 6.54 Å². The highest BCUT2D eigenvalue weighted by molar-refractivity contribution is 7.89.